The minimum Gasteiger partial charge on any atom is -0.453 e. The Labute approximate surface area is 111 Å². The molecule has 1 aromatic carbocycles. The fourth-order valence-electron chi connectivity index (χ4n) is 2.11. The van der Waals surface area contributed by atoms with Crippen LogP contribution in [0.2, 0.25) is 0 Å². The van der Waals surface area contributed by atoms with Gasteiger partial charge in [0.2, 0.25) is 12.5 Å². The first-order valence-corrected chi connectivity index (χ1v) is 6.25. The minimum absolute atomic E-state index is 0.0407. The Morgan fingerprint density at radius 1 is 1.05 bits per heavy atom. The maximum atomic E-state index is 14.4. The highest BCUT2D eigenvalue weighted by atomic mass is 19.1. The van der Waals surface area contributed by atoms with E-state index in [1.54, 1.807) is 12.1 Å². The molecule has 4 nitrogen and oxygen atoms in total. The topological polar surface area (TPSA) is 36.9 Å². The summed E-state index contributed by atoms with van der Waals surface area (Å²) in [5, 5.41) is 0. The monoisotopic (exact) mass is 266 g/mol. The molecule has 1 fully saturated rings. The van der Waals surface area contributed by atoms with Crippen LogP contribution in [-0.2, 0) is 9.31 Å². The van der Waals surface area contributed by atoms with Crippen LogP contribution in [0.4, 0.5) is 4.39 Å². The summed E-state index contributed by atoms with van der Waals surface area (Å²) in [6.07, 6.45) is 0. The Bertz CT molecular complexity index is 514. The van der Waals surface area contributed by atoms with Crippen molar-refractivity contribution in [1.29, 1.82) is 0 Å². The largest absolute Gasteiger partial charge is 0.498 e. The molecule has 0 N–H and O–H groups in total. The maximum Gasteiger partial charge on any atom is 0.498 e. The van der Waals surface area contributed by atoms with Crippen molar-refractivity contribution in [2.24, 2.45) is 0 Å². The quantitative estimate of drug-likeness (QED) is 0.727. The molecule has 0 spiro atoms. The Hall–Kier alpha value is -1.27. The molecule has 1 aromatic rings. The summed E-state index contributed by atoms with van der Waals surface area (Å²) in [5.41, 5.74) is -0.663. The molecule has 0 saturated carbocycles. The van der Waals surface area contributed by atoms with E-state index in [4.69, 9.17) is 18.8 Å². The third-order valence-electron chi connectivity index (χ3n) is 4.02. The van der Waals surface area contributed by atoms with Gasteiger partial charge < -0.3 is 18.8 Å². The van der Waals surface area contributed by atoms with Crippen LogP contribution in [0.5, 0.6) is 11.5 Å². The SMILES string of the molecule is CC1(C)OB(c2ccc3c(c2F)OCO3)OC1(C)C. The molecule has 2 aliphatic rings. The second-order valence-electron chi connectivity index (χ2n) is 5.79. The zero-order valence-corrected chi connectivity index (χ0v) is 11.5. The molecule has 0 amide bonds. The van der Waals surface area contributed by atoms with Gasteiger partial charge in [-0.2, -0.15) is 0 Å². The first-order chi connectivity index (χ1) is 8.82. The molecule has 0 atom stereocenters. The average Bonchev–Trinajstić information content (AvgIpc) is 2.83. The fraction of sp³-hybridized carbons (Fsp3) is 0.538. The van der Waals surface area contributed by atoms with Gasteiger partial charge in [0.15, 0.2) is 11.6 Å². The molecule has 0 unspecified atom stereocenters. The van der Waals surface area contributed by atoms with Crippen LogP contribution >= 0.6 is 0 Å². The summed E-state index contributed by atoms with van der Waals surface area (Å²) in [6, 6.07) is 3.29. The number of halogens is 1. The number of fused-ring (bicyclic) bond motifs is 1. The van der Waals surface area contributed by atoms with Crippen molar-refractivity contribution in [2.75, 3.05) is 6.79 Å². The number of benzene rings is 1. The van der Waals surface area contributed by atoms with Crippen molar-refractivity contribution < 1.29 is 23.2 Å². The van der Waals surface area contributed by atoms with Crippen molar-refractivity contribution >= 4 is 12.6 Å². The number of ether oxygens (including phenoxy) is 2. The lowest BCUT2D eigenvalue weighted by atomic mass is 9.78. The Morgan fingerprint density at radius 3 is 2.32 bits per heavy atom. The predicted molar refractivity (Wildman–Crippen MR) is 68.2 cm³/mol. The summed E-state index contributed by atoms with van der Waals surface area (Å²) in [5.74, 6) is 0.0680. The molecular weight excluding hydrogens is 250 g/mol. The van der Waals surface area contributed by atoms with Crippen molar-refractivity contribution in [3.63, 3.8) is 0 Å². The molecule has 0 radical (unpaired) electrons. The zero-order valence-electron chi connectivity index (χ0n) is 11.5. The summed E-state index contributed by atoms with van der Waals surface area (Å²) in [7, 11) is -0.737. The Morgan fingerprint density at radius 2 is 1.68 bits per heavy atom. The fourth-order valence-corrected chi connectivity index (χ4v) is 2.11. The van der Waals surface area contributed by atoms with Gasteiger partial charge in [-0.3, -0.25) is 0 Å². The second kappa shape index (κ2) is 3.87. The van der Waals surface area contributed by atoms with E-state index >= 15 is 0 Å². The maximum absolute atomic E-state index is 14.4. The van der Waals surface area contributed by atoms with Crippen LogP contribution in [-0.4, -0.2) is 25.1 Å². The van der Waals surface area contributed by atoms with Gasteiger partial charge in [0.25, 0.3) is 0 Å². The number of hydrogen-bond donors (Lipinski definition) is 0. The molecule has 0 bridgehead atoms. The molecule has 0 aliphatic carbocycles. The average molecular weight is 266 g/mol. The second-order valence-corrected chi connectivity index (χ2v) is 5.79. The van der Waals surface area contributed by atoms with E-state index < -0.39 is 24.1 Å². The lowest BCUT2D eigenvalue weighted by Gasteiger charge is -2.32. The summed E-state index contributed by atoms with van der Waals surface area (Å²) in [6.45, 7) is 7.75. The van der Waals surface area contributed by atoms with Crippen molar-refractivity contribution in [1.82, 2.24) is 0 Å². The highest BCUT2D eigenvalue weighted by Crippen LogP contribution is 2.38. The molecule has 3 rings (SSSR count). The summed E-state index contributed by atoms with van der Waals surface area (Å²) in [4.78, 5) is 0. The molecule has 2 aliphatic heterocycles. The molecular formula is C13H16BFO4. The molecule has 0 aromatic heterocycles. The van der Waals surface area contributed by atoms with Crippen molar-refractivity contribution in [3.8, 4) is 11.5 Å². The van der Waals surface area contributed by atoms with E-state index in [-0.39, 0.29) is 12.5 Å². The third-order valence-corrected chi connectivity index (χ3v) is 4.02. The van der Waals surface area contributed by atoms with Crippen molar-refractivity contribution in [3.05, 3.63) is 17.9 Å². The highest BCUT2D eigenvalue weighted by Gasteiger charge is 2.52. The van der Waals surface area contributed by atoms with Gasteiger partial charge in [-0.15, -0.1) is 0 Å². The molecule has 102 valence electrons. The number of hydrogen-bond acceptors (Lipinski definition) is 4. The van der Waals surface area contributed by atoms with E-state index in [1.807, 2.05) is 27.7 Å². The zero-order chi connectivity index (χ0) is 13.8. The first-order valence-electron chi connectivity index (χ1n) is 6.25. The van der Waals surface area contributed by atoms with Gasteiger partial charge >= 0.3 is 7.12 Å². The summed E-state index contributed by atoms with van der Waals surface area (Å²) < 4.78 is 36.3. The number of rotatable bonds is 1. The third kappa shape index (κ3) is 1.82. The molecule has 2 heterocycles. The molecule has 1 saturated heterocycles. The highest BCUT2D eigenvalue weighted by molar-refractivity contribution is 6.62. The van der Waals surface area contributed by atoms with Crippen LogP contribution in [0.25, 0.3) is 0 Å². The van der Waals surface area contributed by atoms with Crippen molar-refractivity contribution in [2.45, 2.75) is 38.9 Å². The van der Waals surface area contributed by atoms with Crippen LogP contribution in [0, 0.1) is 5.82 Å². The van der Waals surface area contributed by atoms with Crippen LogP contribution in [0.3, 0.4) is 0 Å². The predicted octanol–water partition coefficient (Wildman–Crippen LogP) is 1.85. The van der Waals surface area contributed by atoms with Gasteiger partial charge in [-0.25, -0.2) is 4.39 Å². The van der Waals surface area contributed by atoms with E-state index in [1.165, 1.54) is 0 Å². The van der Waals surface area contributed by atoms with E-state index in [2.05, 4.69) is 0 Å². The first kappa shape index (κ1) is 12.8. The Kier molecular flexibility index (Phi) is 2.60. The normalized spacial score (nSPS) is 22.9. The molecule has 19 heavy (non-hydrogen) atoms. The van der Waals surface area contributed by atoms with E-state index in [9.17, 15) is 4.39 Å². The van der Waals surface area contributed by atoms with Gasteiger partial charge in [-0.05, 0) is 33.8 Å². The van der Waals surface area contributed by atoms with E-state index in [0.29, 0.717) is 11.2 Å². The van der Waals surface area contributed by atoms with E-state index in [0.717, 1.165) is 0 Å². The summed E-state index contributed by atoms with van der Waals surface area (Å²) >= 11 is 0. The lowest BCUT2D eigenvalue weighted by molar-refractivity contribution is 0.00578. The standard InChI is InChI=1S/C13H16BFO4/c1-12(2)13(3,4)19-14(18-12)8-5-6-9-11(10(8)15)17-7-16-9/h5-6H,7H2,1-4H3. The van der Waals surface area contributed by atoms with Gasteiger partial charge in [0, 0.05) is 5.46 Å². The van der Waals surface area contributed by atoms with Gasteiger partial charge in [-0.1, -0.05) is 6.07 Å². The smallest absolute Gasteiger partial charge is 0.453 e. The van der Waals surface area contributed by atoms with Crippen LogP contribution < -0.4 is 14.9 Å². The minimum atomic E-state index is -0.737. The van der Waals surface area contributed by atoms with Gasteiger partial charge in [0.05, 0.1) is 11.2 Å². The Balaban J connectivity index is 1.97. The molecule has 6 heteroatoms. The lowest BCUT2D eigenvalue weighted by Crippen LogP contribution is -2.41. The van der Waals surface area contributed by atoms with Crippen LogP contribution in [0.15, 0.2) is 12.1 Å². The van der Waals surface area contributed by atoms with Gasteiger partial charge in [0.1, 0.15) is 0 Å². The van der Waals surface area contributed by atoms with Crippen LogP contribution in [0.1, 0.15) is 27.7 Å².